The molecular formula is C9H12BrN3O. The summed E-state index contributed by atoms with van der Waals surface area (Å²) in [6.07, 6.45) is 3.46. The molecule has 0 aliphatic rings. The fourth-order valence-electron chi connectivity index (χ4n) is 0.945. The van der Waals surface area contributed by atoms with E-state index < -0.39 is 0 Å². The summed E-state index contributed by atoms with van der Waals surface area (Å²) in [5, 5.41) is 0. The van der Waals surface area contributed by atoms with Gasteiger partial charge in [-0.2, -0.15) is 4.98 Å². The van der Waals surface area contributed by atoms with E-state index in [1.807, 2.05) is 11.9 Å². The Labute approximate surface area is 91.7 Å². The lowest BCUT2D eigenvalue weighted by atomic mass is 10.5. The first-order valence-electron chi connectivity index (χ1n) is 4.07. The maximum absolute atomic E-state index is 5.06. The molecule has 1 heterocycles. The van der Waals surface area contributed by atoms with Crippen LogP contribution in [0.25, 0.3) is 0 Å². The van der Waals surface area contributed by atoms with Gasteiger partial charge in [0.1, 0.15) is 0 Å². The molecule has 0 saturated heterocycles. The van der Waals surface area contributed by atoms with E-state index in [-0.39, 0.29) is 0 Å². The molecule has 0 aromatic carbocycles. The van der Waals surface area contributed by atoms with Crippen molar-refractivity contribution in [2.24, 2.45) is 0 Å². The second-order valence-electron chi connectivity index (χ2n) is 2.70. The lowest BCUT2D eigenvalue weighted by Crippen LogP contribution is -2.19. The monoisotopic (exact) mass is 257 g/mol. The molecule has 14 heavy (non-hydrogen) atoms. The SMILES string of the molecule is C=CCN(C)c1ncc(Br)c(OC)n1. The van der Waals surface area contributed by atoms with Crippen LogP contribution in [0.4, 0.5) is 5.95 Å². The first-order chi connectivity index (χ1) is 6.69. The van der Waals surface area contributed by atoms with Crippen molar-refractivity contribution in [3.8, 4) is 5.88 Å². The molecule has 0 N–H and O–H groups in total. The smallest absolute Gasteiger partial charge is 0.232 e. The minimum absolute atomic E-state index is 0.533. The summed E-state index contributed by atoms with van der Waals surface area (Å²) >= 11 is 3.29. The van der Waals surface area contributed by atoms with Gasteiger partial charge in [0.15, 0.2) is 0 Å². The predicted octanol–water partition coefficient (Wildman–Crippen LogP) is 1.87. The minimum atomic E-state index is 0.533. The molecule has 0 aliphatic carbocycles. The van der Waals surface area contributed by atoms with E-state index in [1.165, 1.54) is 0 Å². The first-order valence-corrected chi connectivity index (χ1v) is 4.87. The maximum Gasteiger partial charge on any atom is 0.232 e. The molecule has 5 heteroatoms. The number of hydrogen-bond acceptors (Lipinski definition) is 4. The number of methoxy groups -OCH3 is 1. The van der Waals surface area contributed by atoms with Gasteiger partial charge in [-0.3, -0.25) is 0 Å². The average Bonchev–Trinajstić information content (AvgIpc) is 2.19. The maximum atomic E-state index is 5.06. The summed E-state index contributed by atoms with van der Waals surface area (Å²) in [6, 6.07) is 0. The first kappa shape index (κ1) is 11.0. The zero-order valence-electron chi connectivity index (χ0n) is 8.20. The number of ether oxygens (including phenoxy) is 1. The van der Waals surface area contributed by atoms with Gasteiger partial charge < -0.3 is 9.64 Å². The number of hydrogen-bond donors (Lipinski definition) is 0. The van der Waals surface area contributed by atoms with Crippen LogP contribution < -0.4 is 9.64 Å². The highest BCUT2D eigenvalue weighted by Gasteiger charge is 2.07. The van der Waals surface area contributed by atoms with Gasteiger partial charge in [0.05, 0.1) is 17.8 Å². The number of rotatable bonds is 4. The summed E-state index contributed by atoms with van der Waals surface area (Å²) in [6.45, 7) is 4.35. The van der Waals surface area contributed by atoms with Gasteiger partial charge >= 0.3 is 0 Å². The van der Waals surface area contributed by atoms with Crippen molar-refractivity contribution in [2.75, 3.05) is 25.6 Å². The molecule has 0 unspecified atom stereocenters. The predicted molar refractivity (Wildman–Crippen MR) is 59.8 cm³/mol. The van der Waals surface area contributed by atoms with Crippen molar-refractivity contribution >= 4 is 21.9 Å². The van der Waals surface area contributed by atoms with E-state index in [0.29, 0.717) is 18.4 Å². The third kappa shape index (κ3) is 2.45. The number of likely N-dealkylation sites (N-methyl/N-ethyl adjacent to an activating group) is 1. The molecule has 0 fully saturated rings. The molecule has 1 aromatic rings. The summed E-state index contributed by atoms with van der Waals surface area (Å²) in [5.41, 5.74) is 0. The molecule has 0 amide bonds. The average molecular weight is 258 g/mol. The lowest BCUT2D eigenvalue weighted by Gasteiger charge is -2.15. The minimum Gasteiger partial charge on any atom is -0.480 e. The quantitative estimate of drug-likeness (QED) is 0.773. The summed E-state index contributed by atoms with van der Waals surface area (Å²) in [5.74, 6) is 1.15. The van der Waals surface area contributed by atoms with Crippen molar-refractivity contribution in [3.63, 3.8) is 0 Å². The highest BCUT2D eigenvalue weighted by Crippen LogP contribution is 2.22. The number of nitrogens with zero attached hydrogens (tertiary/aromatic N) is 3. The van der Waals surface area contributed by atoms with Gasteiger partial charge in [-0.1, -0.05) is 6.08 Å². The Morgan fingerprint density at radius 2 is 2.43 bits per heavy atom. The Bertz CT molecular complexity index is 330. The third-order valence-corrected chi connectivity index (χ3v) is 2.18. The van der Waals surface area contributed by atoms with E-state index in [0.717, 1.165) is 4.47 Å². The van der Waals surface area contributed by atoms with Crippen LogP contribution in [-0.2, 0) is 0 Å². The van der Waals surface area contributed by atoms with Crippen molar-refractivity contribution in [3.05, 3.63) is 23.3 Å². The molecule has 0 saturated carbocycles. The molecule has 0 radical (unpaired) electrons. The molecule has 0 atom stereocenters. The van der Waals surface area contributed by atoms with Crippen molar-refractivity contribution in [2.45, 2.75) is 0 Å². The summed E-state index contributed by atoms with van der Waals surface area (Å²) in [7, 11) is 3.47. The second kappa shape index (κ2) is 4.95. The van der Waals surface area contributed by atoms with Gasteiger partial charge in [0, 0.05) is 13.6 Å². The lowest BCUT2D eigenvalue weighted by molar-refractivity contribution is 0.394. The molecule has 0 bridgehead atoms. The van der Waals surface area contributed by atoms with Gasteiger partial charge in [-0.25, -0.2) is 4.98 Å². The Hall–Kier alpha value is -1.10. The van der Waals surface area contributed by atoms with Crippen LogP contribution >= 0.6 is 15.9 Å². The van der Waals surface area contributed by atoms with Crippen LogP contribution in [0.3, 0.4) is 0 Å². The molecule has 0 spiro atoms. The van der Waals surface area contributed by atoms with Crippen LogP contribution in [0.1, 0.15) is 0 Å². The molecule has 1 aromatic heterocycles. The van der Waals surface area contributed by atoms with Crippen molar-refractivity contribution in [1.29, 1.82) is 0 Å². The Balaban J connectivity index is 2.93. The van der Waals surface area contributed by atoms with Crippen LogP contribution in [-0.4, -0.2) is 30.7 Å². The Morgan fingerprint density at radius 1 is 1.71 bits per heavy atom. The zero-order chi connectivity index (χ0) is 10.6. The standard InChI is InChI=1S/C9H12BrN3O/c1-4-5-13(2)9-11-6-7(10)8(12-9)14-3/h4,6H,1,5H2,2-3H3. The molecule has 0 aliphatic heterocycles. The topological polar surface area (TPSA) is 38.2 Å². The largest absolute Gasteiger partial charge is 0.480 e. The van der Waals surface area contributed by atoms with Crippen LogP contribution in [0.5, 0.6) is 5.88 Å². The molecule has 76 valence electrons. The van der Waals surface area contributed by atoms with E-state index >= 15 is 0 Å². The van der Waals surface area contributed by atoms with Crippen molar-refractivity contribution in [1.82, 2.24) is 9.97 Å². The summed E-state index contributed by atoms with van der Waals surface area (Å²) < 4.78 is 5.81. The fraction of sp³-hybridized carbons (Fsp3) is 0.333. The summed E-state index contributed by atoms with van der Waals surface area (Å²) in [4.78, 5) is 10.2. The van der Waals surface area contributed by atoms with E-state index in [4.69, 9.17) is 4.74 Å². The van der Waals surface area contributed by atoms with E-state index in [1.54, 1.807) is 19.4 Å². The number of anilines is 1. The van der Waals surface area contributed by atoms with Crippen LogP contribution in [0.2, 0.25) is 0 Å². The number of halogens is 1. The van der Waals surface area contributed by atoms with Gasteiger partial charge in [0.2, 0.25) is 11.8 Å². The Morgan fingerprint density at radius 3 is 3.00 bits per heavy atom. The van der Waals surface area contributed by atoms with Gasteiger partial charge in [0.25, 0.3) is 0 Å². The van der Waals surface area contributed by atoms with E-state index in [9.17, 15) is 0 Å². The zero-order valence-corrected chi connectivity index (χ0v) is 9.78. The highest BCUT2D eigenvalue weighted by atomic mass is 79.9. The van der Waals surface area contributed by atoms with Gasteiger partial charge in [-0.05, 0) is 15.9 Å². The fourth-order valence-corrected chi connectivity index (χ4v) is 1.30. The van der Waals surface area contributed by atoms with Gasteiger partial charge in [-0.15, -0.1) is 6.58 Å². The Kier molecular flexibility index (Phi) is 3.88. The highest BCUT2D eigenvalue weighted by molar-refractivity contribution is 9.10. The van der Waals surface area contributed by atoms with Crippen molar-refractivity contribution < 1.29 is 4.74 Å². The molecule has 4 nitrogen and oxygen atoms in total. The molecule has 1 rings (SSSR count). The van der Waals surface area contributed by atoms with Crippen LogP contribution in [0, 0.1) is 0 Å². The second-order valence-corrected chi connectivity index (χ2v) is 3.55. The number of aromatic nitrogens is 2. The normalized spacial score (nSPS) is 9.64. The van der Waals surface area contributed by atoms with E-state index in [2.05, 4.69) is 32.5 Å². The molecular weight excluding hydrogens is 246 g/mol. The third-order valence-electron chi connectivity index (χ3n) is 1.64. The van der Waals surface area contributed by atoms with Crippen LogP contribution in [0.15, 0.2) is 23.3 Å².